The highest BCUT2D eigenvalue weighted by atomic mass is 16.4. The zero-order chi connectivity index (χ0) is 16.0. The molecule has 0 fully saturated rings. The molecule has 0 aliphatic heterocycles. The average Bonchev–Trinajstić information content (AvgIpc) is 2.38. The summed E-state index contributed by atoms with van der Waals surface area (Å²) in [6, 6.07) is 1.43. The Bertz CT molecular complexity index is 474. The summed E-state index contributed by atoms with van der Waals surface area (Å²) < 4.78 is 0. The van der Waals surface area contributed by atoms with Crippen molar-refractivity contribution in [3.63, 3.8) is 0 Å². The van der Waals surface area contributed by atoms with Gasteiger partial charge in [0.1, 0.15) is 0 Å². The monoisotopic (exact) mass is 282 g/mol. The lowest BCUT2D eigenvalue weighted by Crippen LogP contribution is -2.14. The Balaban J connectivity index is 0.00000172. The van der Waals surface area contributed by atoms with E-state index >= 15 is 0 Å². The zero-order valence-corrected chi connectivity index (χ0v) is 11.1. The van der Waals surface area contributed by atoms with Gasteiger partial charge in [0.15, 0.2) is 5.78 Å². The summed E-state index contributed by atoms with van der Waals surface area (Å²) in [6.07, 6.45) is 0. The SMILES string of the molecule is CC.CC(=O)c1cc(C(=O)O)c(C(=O)O)cc1C(=O)O. The minimum Gasteiger partial charge on any atom is -0.478 e. The fourth-order valence-corrected chi connectivity index (χ4v) is 1.42. The van der Waals surface area contributed by atoms with E-state index in [-0.39, 0.29) is 5.56 Å². The van der Waals surface area contributed by atoms with Crippen LogP contribution in [0.1, 0.15) is 62.2 Å². The molecule has 0 amide bonds. The molecule has 0 saturated heterocycles. The number of rotatable bonds is 4. The van der Waals surface area contributed by atoms with E-state index in [1.807, 2.05) is 13.8 Å². The summed E-state index contributed by atoms with van der Waals surface area (Å²) in [7, 11) is 0. The molecule has 1 rings (SSSR count). The Morgan fingerprint density at radius 3 is 1.20 bits per heavy atom. The van der Waals surface area contributed by atoms with Gasteiger partial charge in [-0.05, 0) is 19.1 Å². The van der Waals surface area contributed by atoms with Crippen LogP contribution in [0.25, 0.3) is 0 Å². The summed E-state index contributed by atoms with van der Waals surface area (Å²) in [6.45, 7) is 5.06. The van der Waals surface area contributed by atoms with Crippen LogP contribution < -0.4 is 0 Å². The van der Waals surface area contributed by atoms with Crippen LogP contribution in [0.3, 0.4) is 0 Å². The van der Waals surface area contributed by atoms with Crippen LogP contribution in [0.4, 0.5) is 0 Å². The molecule has 0 atom stereocenters. The van der Waals surface area contributed by atoms with E-state index in [9.17, 15) is 19.2 Å². The number of hydrogen-bond acceptors (Lipinski definition) is 4. The van der Waals surface area contributed by atoms with Gasteiger partial charge in [-0.15, -0.1) is 0 Å². The minimum absolute atomic E-state index is 0.343. The van der Waals surface area contributed by atoms with Crippen LogP contribution in [0, 0.1) is 0 Å². The fraction of sp³-hybridized carbons (Fsp3) is 0.231. The van der Waals surface area contributed by atoms with Gasteiger partial charge < -0.3 is 15.3 Å². The number of hydrogen-bond donors (Lipinski definition) is 3. The van der Waals surface area contributed by atoms with Crippen molar-refractivity contribution in [2.24, 2.45) is 0 Å². The van der Waals surface area contributed by atoms with E-state index in [1.54, 1.807) is 0 Å². The minimum atomic E-state index is -1.58. The first-order chi connectivity index (χ1) is 9.25. The van der Waals surface area contributed by atoms with Crippen molar-refractivity contribution in [2.75, 3.05) is 0 Å². The summed E-state index contributed by atoms with van der Waals surface area (Å²) in [4.78, 5) is 43.8. The Morgan fingerprint density at radius 2 is 0.950 bits per heavy atom. The topological polar surface area (TPSA) is 129 Å². The lowest BCUT2D eigenvalue weighted by atomic mass is 9.96. The normalized spacial score (nSPS) is 9.15. The Kier molecular flexibility index (Phi) is 6.08. The summed E-state index contributed by atoms with van der Waals surface area (Å²) >= 11 is 0. The summed E-state index contributed by atoms with van der Waals surface area (Å²) in [5.74, 6) is -5.29. The van der Waals surface area contributed by atoms with E-state index in [1.165, 1.54) is 0 Å². The molecule has 1 aromatic carbocycles. The average molecular weight is 282 g/mol. The molecule has 0 unspecified atom stereocenters. The van der Waals surface area contributed by atoms with Gasteiger partial charge in [-0.1, -0.05) is 13.8 Å². The molecule has 1 aromatic rings. The number of carboxylic acid groups (broad SMARTS) is 3. The quantitative estimate of drug-likeness (QED) is 0.720. The van der Waals surface area contributed by atoms with Crippen molar-refractivity contribution < 1.29 is 34.5 Å². The molecule has 20 heavy (non-hydrogen) atoms. The lowest BCUT2D eigenvalue weighted by Gasteiger charge is -2.07. The van der Waals surface area contributed by atoms with Crippen molar-refractivity contribution >= 4 is 23.7 Å². The first-order valence-corrected chi connectivity index (χ1v) is 5.64. The van der Waals surface area contributed by atoms with Crippen LogP contribution in [0.2, 0.25) is 0 Å². The van der Waals surface area contributed by atoms with E-state index in [4.69, 9.17) is 15.3 Å². The second-order valence-electron chi connectivity index (χ2n) is 3.42. The highest BCUT2D eigenvalue weighted by molar-refractivity contribution is 6.10. The Morgan fingerprint density at radius 1 is 0.700 bits per heavy atom. The second kappa shape index (κ2) is 7.03. The number of aromatic carboxylic acids is 3. The van der Waals surface area contributed by atoms with Crippen LogP contribution in [0.15, 0.2) is 12.1 Å². The number of benzene rings is 1. The van der Waals surface area contributed by atoms with Crippen LogP contribution in [0.5, 0.6) is 0 Å². The Labute approximate surface area is 114 Å². The molecule has 0 aromatic heterocycles. The summed E-state index contributed by atoms with van der Waals surface area (Å²) in [5.41, 5.74) is -2.18. The maximum Gasteiger partial charge on any atom is 0.336 e. The third-order valence-electron chi connectivity index (χ3n) is 2.23. The van der Waals surface area contributed by atoms with Crippen LogP contribution in [-0.4, -0.2) is 39.0 Å². The standard InChI is InChI=1S/C11H8O7.C2H6/c1-4(12)5-2-7(10(15)16)8(11(17)18)3-6(5)9(13)14;1-2/h2-3H,1H3,(H,13,14)(H,15,16)(H,17,18);1-2H3. The van der Waals surface area contributed by atoms with Gasteiger partial charge in [0.25, 0.3) is 0 Å². The molecule has 0 spiro atoms. The zero-order valence-electron chi connectivity index (χ0n) is 11.1. The van der Waals surface area contributed by atoms with Gasteiger partial charge in [0.2, 0.25) is 0 Å². The van der Waals surface area contributed by atoms with Gasteiger partial charge in [-0.2, -0.15) is 0 Å². The maximum absolute atomic E-state index is 11.2. The fourth-order valence-electron chi connectivity index (χ4n) is 1.42. The molecule has 0 saturated carbocycles. The van der Waals surface area contributed by atoms with Crippen molar-refractivity contribution in [3.05, 3.63) is 34.4 Å². The summed E-state index contributed by atoms with van der Waals surface area (Å²) in [5, 5.41) is 26.5. The molecule has 0 aliphatic rings. The molecular weight excluding hydrogens is 268 g/mol. The second-order valence-corrected chi connectivity index (χ2v) is 3.42. The molecule has 108 valence electrons. The van der Waals surface area contributed by atoms with Crippen molar-refractivity contribution in [3.8, 4) is 0 Å². The lowest BCUT2D eigenvalue weighted by molar-refractivity contribution is 0.0648. The third kappa shape index (κ3) is 3.64. The van der Waals surface area contributed by atoms with Crippen LogP contribution in [-0.2, 0) is 0 Å². The van der Waals surface area contributed by atoms with Gasteiger partial charge >= 0.3 is 17.9 Å². The maximum atomic E-state index is 11.2. The number of carbonyl (C=O) groups is 4. The van der Waals surface area contributed by atoms with Crippen molar-refractivity contribution in [1.82, 2.24) is 0 Å². The highest BCUT2D eigenvalue weighted by Gasteiger charge is 2.23. The number of ketones is 1. The predicted molar refractivity (Wildman–Crippen MR) is 68.7 cm³/mol. The largest absolute Gasteiger partial charge is 0.478 e. The third-order valence-corrected chi connectivity index (χ3v) is 2.23. The van der Waals surface area contributed by atoms with Gasteiger partial charge in [-0.3, -0.25) is 4.79 Å². The molecule has 3 N–H and O–H groups in total. The molecule has 7 nitrogen and oxygen atoms in total. The molecule has 0 radical (unpaired) electrons. The first-order valence-electron chi connectivity index (χ1n) is 5.64. The predicted octanol–water partition coefficient (Wildman–Crippen LogP) is 2.01. The van der Waals surface area contributed by atoms with E-state index in [0.717, 1.165) is 13.0 Å². The molecular formula is C13H14O7. The molecule has 0 bridgehead atoms. The smallest absolute Gasteiger partial charge is 0.336 e. The number of carbonyl (C=O) groups excluding carboxylic acids is 1. The number of carboxylic acids is 3. The Hall–Kier alpha value is -2.70. The number of Topliss-reactive ketones (excluding diaryl/α,β-unsaturated/α-hetero) is 1. The van der Waals surface area contributed by atoms with Gasteiger partial charge in [0.05, 0.1) is 16.7 Å². The van der Waals surface area contributed by atoms with Crippen molar-refractivity contribution in [2.45, 2.75) is 20.8 Å². The van der Waals surface area contributed by atoms with Gasteiger partial charge in [0, 0.05) is 5.56 Å². The molecule has 0 heterocycles. The molecule has 0 aliphatic carbocycles. The molecule has 7 heteroatoms. The van der Waals surface area contributed by atoms with E-state index in [0.29, 0.717) is 6.07 Å². The van der Waals surface area contributed by atoms with Crippen LogP contribution >= 0.6 is 0 Å². The van der Waals surface area contributed by atoms with Gasteiger partial charge in [-0.25, -0.2) is 14.4 Å². The highest BCUT2D eigenvalue weighted by Crippen LogP contribution is 2.18. The van der Waals surface area contributed by atoms with E-state index in [2.05, 4.69) is 0 Å². The first kappa shape index (κ1) is 17.3. The van der Waals surface area contributed by atoms with Crippen molar-refractivity contribution in [1.29, 1.82) is 0 Å². The van der Waals surface area contributed by atoms with E-state index < -0.39 is 40.4 Å².